The molecule has 108 valence electrons. The Balaban J connectivity index is 2.05. The van der Waals surface area contributed by atoms with Crippen LogP contribution < -0.4 is 4.72 Å². The van der Waals surface area contributed by atoms with Crippen molar-refractivity contribution in [1.82, 2.24) is 14.1 Å². The highest BCUT2D eigenvalue weighted by Gasteiger charge is 2.28. The second kappa shape index (κ2) is 5.48. The molecule has 1 aromatic rings. The Kier molecular flexibility index (Phi) is 4.12. The first-order valence-corrected chi connectivity index (χ1v) is 7.75. The van der Waals surface area contributed by atoms with E-state index in [1.165, 1.54) is 4.31 Å². The minimum atomic E-state index is -3.53. The van der Waals surface area contributed by atoms with Crippen LogP contribution in [-0.4, -0.2) is 47.3 Å². The average molecular weight is 288 g/mol. The smallest absolute Gasteiger partial charge is 0.301 e. The van der Waals surface area contributed by atoms with Gasteiger partial charge < -0.3 is 5.11 Å². The van der Waals surface area contributed by atoms with Crippen LogP contribution in [0.25, 0.3) is 0 Å². The summed E-state index contributed by atoms with van der Waals surface area (Å²) in [6.07, 6.45) is 3.04. The van der Waals surface area contributed by atoms with Crippen LogP contribution in [0.2, 0.25) is 0 Å². The number of aryl methyl sites for hydroxylation is 2. The van der Waals surface area contributed by atoms with Crippen LogP contribution >= 0.6 is 0 Å². The molecule has 0 spiro atoms. The Morgan fingerprint density at radius 1 is 1.47 bits per heavy atom. The lowest BCUT2D eigenvalue weighted by molar-refractivity contribution is 0.170. The molecule has 8 heteroatoms. The number of hydrogen-bond acceptors (Lipinski definition) is 4. The molecule has 0 atom stereocenters. The molecule has 0 bridgehead atoms. The third kappa shape index (κ3) is 3.26. The second-order valence-corrected chi connectivity index (χ2v) is 6.60. The molecule has 19 heavy (non-hydrogen) atoms. The van der Waals surface area contributed by atoms with Crippen molar-refractivity contribution in [3.63, 3.8) is 0 Å². The van der Waals surface area contributed by atoms with Gasteiger partial charge in [-0.15, -0.1) is 0 Å². The van der Waals surface area contributed by atoms with E-state index < -0.39 is 10.2 Å². The molecule has 0 saturated carbocycles. The maximum Gasteiger partial charge on any atom is 0.301 e. The van der Waals surface area contributed by atoms with Crippen LogP contribution in [0.15, 0.2) is 6.20 Å². The molecule has 0 amide bonds. The predicted molar refractivity (Wildman–Crippen MR) is 71.9 cm³/mol. The fourth-order valence-corrected chi connectivity index (χ4v) is 3.53. The number of piperidine rings is 1. The van der Waals surface area contributed by atoms with Crippen LogP contribution in [0.4, 0.5) is 5.69 Å². The summed E-state index contributed by atoms with van der Waals surface area (Å²) >= 11 is 0. The summed E-state index contributed by atoms with van der Waals surface area (Å²) in [4.78, 5) is 0. The van der Waals surface area contributed by atoms with E-state index in [1.54, 1.807) is 24.9 Å². The normalized spacial score (nSPS) is 18.7. The van der Waals surface area contributed by atoms with Crippen molar-refractivity contribution in [1.29, 1.82) is 0 Å². The van der Waals surface area contributed by atoms with Crippen LogP contribution in [0.1, 0.15) is 18.5 Å². The molecule has 0 radical (unpaired) electrons. The number of rotatable bonds is 4. The molecule has 1 aromatic heterocycles. The quantitative estimate of drug-likeness (QED) is 0.822. The van der Waals surface area contributed by atoms with Crippen molar-refractivity contribution in [3.05, 3.63) is 11.9 Å². The molecule has 0 aromatic carbocycles. The van der Waals surface area contributed by atoms with E-state index in [2.05, 4.69) is 9.82 Å². The highest BCUT2D eigenvalue weighted by Crippen LogP contribution is 2.21. The fraction of sp³-hybridized carbons (Fsp3) is 0.727. The Hall–Kier alpha value is -1.12. The maximum absolute atomic E-state index is 12.2. The molecule has 1 aliphatic heterocycles. The number of aliphatic hydroxyl groups excluding tert-OH is 1. The fourth-order valence-electron chi connectivity index (χ4n) is 2.24. The molecule has 1 fully saturated rings. The standard InChI is InChI=1S/C11H20N4O3S/c1-9-11(7-14(2)12-9)13-19(17,18)15-5-3-10(8-16)4-6-15/h7,10,13,16H,3-6,8H2,1-2H3. The van der Waals surface area contributed by atoms with Gasteiger partial charge in [0.1, 0.15) is 0 Å². The predicted octanol–water partition coefficient (Wildman–Crippen LogP) is 0.0895. The molecular weight excluding hydrogens is 268 g/mol. The molecule has 2 rings (SSSR count). The lowest BCUT2D eigenvalue weighted by atomic mass is 10.00. The first kappa shape index (κ1) is 14.3. The number of hydrogen-bond donors (Lipinski definition) is 2. The molecular formula is C11H20N4O3S. The van der Waals surface area contributed by atoms with Crippen LogP contribution in [0.3, 0.4) is 0 Å². The monoisotopic (exact) mass is 288 g/mol. The van der Waals surface area contributed by atoms with E-state index in [1.807, 2.05) is 0 Å². The van der Waals surface area contributed by atoms with Gasteiger partial charge >= 0.3 is 10.2 Å². The Morgan fingerprint density at radius 3 is 2.58 bits per heavy atom. The summed E-state index contributed by atoms with van der Waals surface area (Å²) in [6.45, 7) is 2.78. The molecule has 2 N–H and O–H groups in total. The maximum atomic E-state index is 12.2. The van der Waals surface area contributed by atoms with Crippen molar-refractivity contribution in [3.8, 4) is 0 Å². The van der Waals surface area contributed by atoms with Crippen LogP contribution in [0.5, 0.6) is 0 Å². The number of anilines is 1. The van der Waals surface area contributed by atoms with E-state index in [-0.39, 0.29) is 12.5 Å². The molecule has 1 saturated heterocycles. The summed E-state index contributed by atoms with van der Waals surface area (Å²) in [5, 5.41) is 13.2. The second-order valence-electron chi connectivity index (χ2n) is 4.93. The number of nitrogens with one attached hydrogen (secondary N) is 1. The number of nitrogens with zero attached hydrogens (tertiary/aromatic N) is 3. The number of aliphatic hydroxyl groups is 1. The van der Waals surface area contributed by atoms with Gasteiger partial charge in [0.25, 0.3) is 0 Å². The van der Waals surface area contributed by atoms with Gasteiger partial charge in [0.15, 0.2) is 0 Å². The highest BCUT2D eigenvalue weighted by molar-refractivity contribution is 7.90. The zero-order chi connectivity index (χ0) is 14.0. The van der Waals surface area contributed by atoms with E-state index in [4.69, 9.17) is 5.11 Å². The molecule has 1 aliphatic rings. The summed E-state index contributed by atoms with van der Waals surface area (Å²) < 4.78 is 30.0. The molecule has 2 heterocycles. The van der Waals surface area contributed by atoms with Gasteiger partial charge in [-0.05, 0) is 25.7 Å². The zero-order valence-corrected chi connectivity index (χ0v) is 12.0. The van der Waals surface area contributed by atoms with Crippen molar-refractivity contribution in [2.45, 2.75) is 19.8 Å². The van der Waals surface area contributed by atoms with Crippen molar-refractivity contribution < 1.29 is 13.5 Å². The van der Waals surface area contributed by atoms with Crippen molar-refractivity contribution in [2.75, 3.05) is 24.4 Å². The van der Waals surface area contributed by atoms with Crippen LogP contribution in [0, 0.1) is 12.8 Å². The van der Waals surface area contributed by atoms with E-state index in [9.17, 15) is 8.42 Å². The third-order valence-electron chi connectivity index (χ3n) is 3.42. The molecule has 7 nitrogen and oxygen atoms in total. The van der Waals surface area contributed by atoms with Crippen molar-refractivity contribution >= 4 is 15.9 Å². The van der Waals surface area contributed by atoms with Gasteiger partial charge in [-0.1, -0.05) is 0 Å². The number of aromatic nitrogens is 2. The lowest BCUT2D eigenvalue weighted by Crippen LogP contribution is -2.42. The highest BCUT2D eigenvalue weighted by atomic mass is 32.2. The average Bonchev–Trinajstić information content (AvgIpc) is 2.67. The van der Waals surface area contributed by atoms with Gasteiger partial charge in [-0.25, -0.2) is 0 Å². The molecule has 0 unspecified atom stereocenters. The van der Waals surface area contributed by atoms with E-state index in [0.29, 0.717) is 37.3 Å². The topological polar surface area (TPSA) is 87.5 Å². The van der Waals surface area contributed by atoms with Gasteiger partial charge in [-0.2, -0.15) is 17.8 Å². The Labute approximate surface area is 113 Å². The molecule has 0 aliphatic carbocycles. The van der Waals surface area contributed by atoms with Gasteiger partial charge in [-0.3, -0.25) is 9.40 Å². The van der Waals surface area contributed by atoms with Gasteiger partial charge in [0, 0.05) is 32.9 Å². The van der Waals surface area contributed by atoms with E-state index >= 15 is 0 Å². The summed E-state index contributed by atoms with van der Waals surface area (Å²) in [5.74, 6) is 0.214. The first-order valence-electron chi connectivity index (χ1n) is 6.31. The zero-order valence-electron chi connectivity index (χ0n) is 11.2. The summed E-state index contributed by atoms with van der Waals surface area (Å²) in [7, 11) is -1.78. The summed E-state index contributed by atoms with van der Waals surface area (Å²) in [6, 6.07) is 0. The largest absolute Gasteiger partial charge is 0.396 e. The first-order chi connectivity index (χ1) is 8.92. The Bertz CT molecular complexity index is 532. The minimum absolute atomic E-state index is 0.128. The van der Waals surface area contributed by atoms with Gasteiger partial charge in [0.05, 0.1) is 11.4 Å². The Morgan fingerprint density at radius 2 is 2.11 bits per heavy atom. The summed E-state index contributed by atoms with van der Waals surface area (Å²) in [5.41, 5.74) is 1.16. The SMILES string of the molecule is Cc1nn(C)cc1NS(=O)(=O)N1CCC(CO)CC1. The lowest BCUT2D eigenvalue weighted by Gasteiger charge is -2.30. The van der Waals surface area contributed by atoms with Gasteiger partial charge in [0.2, 0.25) is 0 Å². The van der Waals surface area contributed by atoms with E-state index in [0.717, 1.165) is 0 Å². The van der Waals surface area contributed by atoms with Crippen molar-refractivity contribution in [2.24, 2.45) is 13.0 Å². The third-order valence-corrected chi connectivity index (χ3v) is 4.95. The van der Waals surface area contributed by atoms with Crippen LogP contribution in [-0.2, 0) is 17.3 Å². The minimum Gasteiger partial charge on any atom is -0.396 e.